The smallest absolute Gasteiger partial charge is 0.251 e. The van der Waals surface area contributed by atoms with Crippen molar-refractivity contribution in [1.82, 2.24) is 15.3 Å². The number of anilines is 1. The van der Waals surface area contributed by atoms with Gasteiger partial charge in [-0.1, -0.05) is 36.4 Å². The summed E-state index contributed by atoms with van der Waals surface area (Å²) in [5.41, 5.74) is 2.63. The molecule has 1 amide bonds. The van der Waals surface area contributed by atoms with Gasteiger partial charge < -0.3 is 10.2 Å². The largest absolute Gasteiger partial charge is 0.350 e. The molecule has 5 heteroatoms. The van der Waals surface area contributed by atoms with Crippen molar-refractivity contribution >= 4 is 11.7 Å². The Hall–Kier alpha value is -3.21. The van der Waals surface area contributed by atoms with E-state index in [1.54, 1.807) is 18.5 Å². The third-order valence-corrected chi connectivity index (χ3v) is 4.28. The van der Waals surface area contributed by atoms with Crippen molar-refractivity contribution in [3.05, 3.63) is 89.9 Å². The van der Waals surface area contributed by atoms with Crippen LogP contribution >= 0.6 is 0 Å². The van der Waals surface area contributed by atoms with Gasteiger partial charge in [-0.25, -0.2) is 4.98 Å². The molecule has 2 aromatic heterocycles. The van der Waals surface area contributed by atoms with E-state index in [4.69, 9.17) is 0 Å². The molecule has 2 heterocycles. The van der Waals surface area contributed by atoms with Gasteiger partial charge in [0, 0.05) is 30.5 Å². The molecule has 27 heavy (non-hydrogen) atoms. The Morgan fingerprint density at radius 2 is 1.78 bits per heavy atom. The predicted octanol–water partition coefficient (Wildman–Crippen LogP) is 3.82. The van der Waals surface area contributed by atoms with Gasteiger partial charge in [0.1, 0.15) is 5.82 Å². The van der Waals surface area contributed by atoms with Crippen LogP contribution in [0.15, 0.2) is 73.1 Å². The van der Waals surface area contributed by atoms with Crippen LogP contribution in [0.3, 0.4) is 0 Å². The van der Waals surface area contributed by atoms with Crippen molar-refractivity contribution in [2.24, 2.45) is 0 Å². The molecule has 0 radical (unpaired) electrons. The topological polar surface area (TPSA) is 58.1 Å². The molecule has 5 nitrogen and oxygen atoms in total. The molecular weight excluding hydrogens is 336 g/mol. The lowest BCUT2D eigenvalue weighted by molar-refractivity contribution is 0.0950. The van der Waals surface area contributed by atoms with Gasteiger partial charge in [-0.2, -0.15) is 0 Å². The van der Waals surface area contributed by atoms with E-state index in [-0.39, 0.29) is 11.9 Å². The van der Waals surface area contributed by atoms with Crippen LogP contribution < -0.4 is 10.2 Å². The van der Waals surface area contributed by atoms with Gasteiger partial charge in [-0.15, -0.1) is 0 Å². The Kier molecular flexibility index (Phi) is 6.15. The van der Waals surface area contributed by atoms with Gasteiger partial charge in [0.05, 0.1) is 12.2 Å². The SMILES string of the molecule is CC(C)N(Cc1ccccc1)c1cc(C(=O)NCc2ccccn2)ccn1. The number of benzene rings is 1. The van der Waals surface area contributed by atoms with Crippen LogP contribution in [-0.4, -0.2) is 21.9 Å². The fraction of sp³-hybridized carbons (Fsp3) is 0.227. The summed E-state index contributed by atoms with van der Waals surface area (Å²) >= 11 is 0. The second kappa shape index (κ2) is 8.94. The number of carbonyl (C=O) groups is 1. The van der Waals surface area contributed by atoms with Gasteiger partial charge in [0.2, 0.25) is 0 Å². The second-order valence-corrected chi connectivity index (χ2v) is 6.61. The molecule has 0 bridgehead atoms. The Morgan fingerprint density at radius 3 is 2.48 bits per heavy atom. The number of carbonyl (C=O) groups excluding carboxylic acids is 1. The van der Waals surface area contributed by atoms with Crippen molar-refractivity contribution in [2.75, 3.05) is 4.90 Å². The van der Waals surface area contributed by atoms with E-state index in [2.05, 4.69) is 46.2 Å². The molecule has 0 atom stereocenters. The fourth-order valence-electron chi connectivity index (χ4n) is 2.80. The number of amides is 1. The maximum Gasteiger partial charge on any atom is 0.251 e. The van der Waals surface area contributed by atoms with Crippen molar-refractivity contribution in [2.45, 2.75) is 33.0 Å². The zero-order valence-corrected chi connectivity index (χ0v) is 15.7. The van der Waals surface area contributed by atoms with Crippen LogP contribution in [0, 0.1) is 0 Å². The third-order valence-electron chi connectivity index (χ3n) is 4.28. The Balaban J connectivity index is 1.73. The van der Waals surface area contributed by atoms with Crippen LogP contribution in [0.1, 0.15) is 35.5 Å². The van der Waals surface area contributed by atoms with Gasteiger partial charge >= 0.3 is 0 Å². The number of hydrogen-bond acceptors (Lipinski definition) is 4. The Morgan fingerprint density at radius 1 is 1.00 bits per heavy atom. The molecule has 1 N–H and O–H groups in total. The number of nitrogens with zero attached hydrogens (tertiary/aromatic N) is 3. The van der Waals surface area contributed by atoms with Crippen LogP contribution in [0.25, 0.3) is 0 Å². The lowest BCUT2D eigenvalue weighted by Gasteiger charge is -2.28. The van der Waals surface area contributed by atoms with Crippen LogP contribution in [-0.2, 0) is 13.1 Å². The van der Waals surface area contributed by atoms with Crippen molar-refractivity contribution in [3.8, 4) is 0 Å². The summed E-state index contributed by atoms with van der Waals surface area (Å²) in [6, 6.07) is 19.7. The summed E-state index contributed by atoms with van der Waals surface area (Å²) in [5, 5.41) is 2.91. The van der Waals surface area contributed by atoms with Crippen molar-refractivity contribution in [1.29, 1.82) is 0 Å². The molecular formula is C22H24N4O. The Bertz CT molecular complexity index is 866. The van der Waals surface area contributed by atoms with Gasteiger partial charge in [0.25, 0.3) is 5.91 Å². The zero-order valence-electron chi connectivity index (χ0n) is 15.7. The molecule has 1 aromatic carbocycles. The van der Waals surface area contributed by atoms with Crippen LogP contribution in [0.4, 0.5) is 5.82 Å². The molecule has 0 spiro atoms. The average molecular weight is 360 g/mol. The number of hydrogen-bond donors (Lipinski definition) is 1. The first kappa shape index (κ1) is 18.6. The highest BCUT2D eigenvalue weighted by molar-refractivity contribution is 5.94. The van der Waals surface area contributed by atoms with Crippen molar-refractivity contribution in [3.63, 3.8) is 0 Å². The molecule has 0 aliphatic carbocycles. The van der Waals surface area contributed by atoms with Gasteiger partial charge in [-0.3, -0.25) is 9.78 Å². The first-order valence-electron chi connectivity index (χ1n) is 9.08. The van der Waals surface area contributed by atoms with E-state index in [1.165, 1.54) is 5.56 Å². The minimum Gasteiger partial charge on any atom is -0.350 e. The Labute approximate surface area is 160 Å². The summed E-state index contributed by atoms with van der Waals surface area (Å²) < 4.78 is 0. The summed E-state index contributed by atoms with van der Waals surface area (Å²) in [6.07, 6.45) is 3.40. The normalized spacial score (nSPS) is 10.6. The monoisotopic (exact) mass is 360 g/mol. The van der Waals surface area contributed by atoms with Crippen LogP contribution in [0.5, 0.6) is 0 Å². The quantitative estimate of drug-likeness (QED) is 0.696. The van der Waals surface area contributed by atoms with E-state index < -0.39 is 0 Å². The summed E-state index contributed by atoms with van der Waals surface area (Å²) in [6.45, 7) is 5.39. The zero-order chi connectivity index (χ0) is 19.1. The molecule has 0 unspecified atom stereocenters. The number of aromatic nitrogens is 2. The maximum absolute atomic E-state index is 12.5. The van der Waals surface area contributed by atoms with E-state index in [0.29, 0.717) is 12.1 Å². The van der Waals surface area contributed by atoms with E-state index in [0.717, 1.165) is 18.1 Å². The van der Waals surface area contributed by atoms with Crippen LogP contribution in [0.2, 0.25) is 0 Å². The summed E-state index contributed by atoms with van der Waals surface area (Å²) in [4.78, 5) is 23.4. The van der Waals surface area contributed by atoms with E-state index in [9.17, 15) is 4.79 Å². The first-order chi connectivity index (χ1) is 13.1. The maximum atomic E-state index is 12.5. The highest BCUT2D eigenvalue weighted by Crippen LogP contribution is 2.19. The van der Waals surface area contributed by atoms with Gasteiger partial charge in [-0.05, 0) is 43.7 Å². The molecule has 0 fully saturated rings. The minimum atomic E-state index is -0.132. The highest BCUT2D eigenvalue weighted by atomic mass is 16.1. The molecule has 0 saturated heterocycles. The molecule has 0 aliphatic rings. The average Bonchev–Trinajstić information content (AvgIpc) is 2.71. The minimum absolute atomic E-state index is 0.132. The number of rotatable bonds is 7. The molecule has 3 aromatic rings. The standard InChI is InChI=1S/C22H24N4O/c1-17(2)26(16-18-8-4-3-5-9-18)21-14-19(11-13-24-21)22(27)25-15-20-10-6-7-12-23-20/h3-14,17H,15-16H2,1-2H3,(H,25,27). The third kappa shape index (κ3) is 5.14. The summed E-state index contributed by atoms with van der Waals surface area (Å²) in [5.74, 6) is 0.659. The molecule has 0 saturated carbocycles. The lowest BCUT2D eigenvalue weighted by atomic mass is 10.1. The van der Waals surface area contributed by atoms with Gasteiger partial charge in [0.15, 0.2) is 0 Å². The first-order valence-corrected chi connectivity index (χ1v) is 9.08. The second-order valence-electron chi connectivity index (χ2n) is 6.61. The van der Waals surface area contributed by atoms with E-state index >= 15 is 0 Å². The predicted molar refractivity (Wildman–Crippen MR) is 107 cm³/mol. The van der Waals surface area contributed by atoms with E-state index in [1.807, 2.05) is 42.5 Å². The summed E-state index contributed by atoms with van der Waals surface area (Å²) in [7, 11) is 0. The molecule has 138 valence electrons. The lowest BCUT2D eigenvalue weighted by Crippen LogP contribution is -2.31. The number of pyridine rings is 2. The molecule has 3 rings (SSSR count). The molecule has 0 aliphatic heterocycles. The number of nitrogens with one attached hydrogen (secondary N) is 1. The van der Waals surface area contributed by atoms with Crippen molar-refractivity contribution < 1.29 is 4.79 Å². The fourth-order valence-corrected chi connectivity index (χ4v) is 2.80. The highest BCUT2D eigenvalue weighted by Gasteiger charge is 2.15.